The Morgan fingerprint density at radius 1 is 1.11 bits per heavy atom. The molecular formula is C14H30N2O3. The molecule has 1 fully saturated rings. The van der Waals surface area contributed by atoms with Crippen LogP contribution in [0.1, 0.15) is 26.7 Å². The summed E-state index contributed by atoms with van der Waals surface area (Å²) in [5.74, 6) is 0. The fraction of sp³-hybridized carbons (Fsp3) is 1.00. The van der Waals surface area contributed by atoms with Crippen molar-refractivity contribution in [2.45, 2.75) is 38.3 Å². The average molecular weight is 274 g/mol. The van der Waals surface area contributed by atoms with Gasteiger partial charge in [-0.15, -0.1) is 0 Å². The van der Waals surface area contributed by atoms with Crippen LogP contribution in [0.2, 0.25) is 0 Å². The van der Waals surface area contributed by atoms with Crippen molar-refractivity contribution in [1.29, 1.82) is 0 Å². The first-order valence-electron chi connectivity index (χ1n) is 7.35. The van der Waals surface area contributed by atoms with Crippen LogP contribution >= 0.6 is 0 Å². The van der Waals surface area contributed by atoms with E-state index in [-0.39, 0.29) is 5.54 Å². The summed E-state index contributed by atoms with van der Waals surface area (Å²) in [4.78, 5) is 2.42. The van der Waals surface area contributed by atoms with Crippen molar-refractivity contribution in [2.75, 3.05) is 53.2 Å². The van der Waals surface area contributed by atoms with Gasteiger partial charge >= 0.3 is 0 Å². The fourth-order valence-electron chi connectivity index (χ4n) is 2.73. The molecule has 0 heterocycles. The quantitative estimate of drug-likeness (QED) is 0.567. The van der Waals surface area contributed by atoms with Crippen LogP contribution in [-0.4, -0.2) is 69.7 Å². The fourth-order valence-corrected chi connectivity index (χ4v) is 2.73. The van der Waals surface area contributed by atoms with Gasteiger partial charge in [0.2, 0.25) is 0 Å². The Morgan fingerprint density at radius 2 is 1.63 bits per heavy atom. The van der Waals surface area contributed by atoms with Crippen molar-refractivity contribution in [3.05, 3.63) is 0 Å². The molecule has 1 aliphatic carbocycles. The standard InChI is InChI=1S/C14H30N2O3/c1-4-18-8-6-16(7-9-19-5-2)14(12-15)10-13(11-14)17-3/h13H,4-12,15H2,1-3H3. The smallest absolute Gasteiger partial charge is 0.0607 e. The summed E-state index contributed by atoms with van der Waals surface area (Å²) in [5, 5.41) is 0. The lowest BCUT2D eigenvalue weighted by Crippen LogP contribution is -2.65. The van der Waals surface area contributed by atoms with Crippen molar-refractivity contribution in [1.82, 2.24) is 4.90 Å². The molecule has 1 saturated carbocycles. The SMILES string of the molecule is CCOCCN(CCOCC)C1(CN)CC(OC)C1. The molecule has 0 saturated heterocycles. The minimum atomic E-state index is 0.0783. The third kappa shape index (κ3) is 4.68. The van der Waals surface area contributed by atoms with Crippen LogP contribution in [-0.2, 0) is 14.2 Å². The van der Waals surface area contributed by atoms with E-state index in [2.05, 4.69) is 4.90 Å². The lowest BCUT2D eigenvalue weighted by Gasteiger charge is -2.53. The highest BCUT2D eigenvalue weighted by Crippen LogP contribution is 2.38. The first-order valence-corrected chi connectivity index (χ1v) is 7.35. The number of nitrogens with two attached hydrogens (primary N) is 1. The molecule has 5 nitrogen and oxygen atoms in total. The topological polar surface area (TPSA) is 57.0 Å². The predicted octanol–water partition coefficient (Wildman–Crippen LogP) is 0.868. The summed E-state index contributed by atoms with van der Waals surface area (Å²) in [6, 6.07) is 0. The van der Waals surface area contributed by atoms with Gasteiger partial charge in [-0.05, 0) is 26.7 Å². The molecule has 0 spiro atoms. The summed E-state index contributed by atoms with van der Waals surface area (Å²) >= 11 is 0. The third-order valence-corrected chi connectivity index (χ3v) is 4.02. The Morgan fingerprint density at radius 3 is 2.00 bits per heavy atom. The first kappa shape index (κ1) is 16.9. The molecule has 114 valence electrons. The van der Waals surface area contributed by atoms with Crippen molar-refractivity contribution < 1.29 is 14.2 Å². The van der Waals surface area contributed by atoms with E-state index in [1.807, 2.05) is 13.8 Å². The number of ether oxygens (including phenoxy) is 3. The largest absolute Gasteiger partial charge is 0.381 e. The second kappa shape index (κ2) is 8.87. The van der Waals surface area contributed by atoms with Crippen LogP contribution in [0, 0.1) is 0 Å². The van der Waals surface area contributed by atoms with E-state index in [9.17, 15) is 0 Å². The van der Waals surface area contributed by atoms with E-state index in [0.29, 0.717) is 12.6 Å². The molecule has 0 aromatic rings. The zero-order chi connectivity index (χ0) is 14.1. The van der Waals surface area contributed by atoms with E-state index in [4.69, 9.17) is 19.9 Å². The number of hydrogen-bond acceptors (Lipinski definition) is 5. The van der Waals surface area contributed by atoms with Crippen LogP contribution in [0.15, 0.2) is 0 Å². The highest BCUT2D eigenvalue weighted by Gasteiger charge is 2.47. The molecule has 0 aromatic heterocycles. The average Bonchev–Trinajstić information content (AvgIpc) is 2.38. The zero-order valence-corrected chi connectivity index (χ0v) is 12.7. The van der Waals surface area contributed by atoms with Gasteiger partial charge in [0.15, 0.2) is 0 Å². The molecular weight excluding hydrogens is 244 g/mol. The molecule has 0 unspecified atom stereocenters. The van der Waals surface area contributed by atoms with Gasteiger partial charge in [-0.25, -0.2) is 0 Å². The normalized spacial score (nSPS) is 26.7. The van der Waals surface area contributed by atoms with Crippen LogP contribution < -0.4 is 5.73 Å². The zero-order valence-electron chi connectivity index (χ0n) is 12.7. The minimum absolute atomic E-state index is 0.0783. The number of nitrogens with zero attached hydrogens (tertiary/aromatic N) is 1. The summed E-state index contributed by atoms with van der Waals surface area (Å²) in [6.45, 7) is 9.56. The number of rotatable bonds is 11. The Labute approximate surface area is 117 Å². The molecule has 0 radical (unpaired) electrons. The van der Waals surface area contributed by atoms with Crippen molar-refractivity contribution >= 4 is 0 Å². The molecule has 0 aromatic carbocycles. The first-order chi connectivity index (χ1) is 9.22. The second-order valence-corrected chi connectivity index (χ2v) is 5.08. The molecule has 0 aliphatic heterocycles. The molecule has 19 heavy (non-hydrogen) atoms. The van der Waals surface area contributed by atoms with Crippen LogP contribution in [0.4, 0.5) is 0 Å². The summed E-state index contributed by atoms with van der Waals surface area (Å²) in [6.07, 6.45) is 2.38. The Hall–Kier alpha value is -0.200. The van der Waals surface area contributed by atoms with E-state index in [1.54, 1.807) is 7.11 Å². The maximum Gasteiger partial charge on any atom is 0.0607 e. The van der Waals surface area contributed by atoms with Gasteiger partial charge in [-0.2, -0.15) is 0 Å². The molecule has 0 amide bonds. The molecule has 0 bridgehead atoms. The second-order valence-electron chi connectivity index (χ2n) is 5.08. The maximum absolute atomic E-state index is 6.02. The highest BCUT2D eigenvalue weighted by molar-refractivity contribution is 5.04. The molecule has 1 aliphatic rings. The van der Waals surface area contributed by atoms with Crippen LogP contribution in [0.25, 0.3) is 0 Å². The van der Waals surface area contributed by atoms with E-state index in [0.717, 1.165) is 52.4 Å². The van der Waals surface area contributed by atoms with Gasteiger partial charge < -0.3 is 19.9 Å². The van der Waals surface area contributed by atoms with E-state index in [1.165, 1.54) is 0 Å². The summed E-state index contributed by atoms with van der Waals surface area (Å²) < 4.78 is 16.4. The highest BCUT2D eigenvalue weighted by atomic mass is 16.5. The summed E-state index contributed by atoms with van der Waals surface area (Å²) in [5.41, 5.74) is 6.09. The van der Waals surface area contributed by atoms with Gasteiger partial charge in [0.25, 0.3) is 0 Å². The lowest BCUT2D eigenvalue weighted by atomic mass is 9.72. The lowest BCUT2D eigenvalue weighted by molar-refractivity contribution is -0.0981. The van der Waals surface area contributed by atoms with Crippen molar-refractivity contribution in [2.24, 2.45) is 5.73 Å². The van der Waals surface area contributed by atoms with E-state index >= 15 is 0 Å². The molecule has 0 atom stereocenters. The monoisotopic (exact) mass is 274 g/mol. The minimum Gasteiger partial charge on any atom is -0.381 e. The van der Waals surface area contributed by atoms with Gasteiger partial charge in [0.1, 0.15) is 0 Å². The molecule has 5 heteroatoms. The van der Waals surface area contributed by atoms with Gasteiger partial charge in [-0.1, -0.05) is 0 Å². The number of methoxy groups -OCH3 is 1. The predicted molar refractivity (Wildman–Crippen MR) is 76.4 cm³/mol. The summed E-state index contributed by atoms with van der Waals surface area (Å²) in [7, 11) is 1.77. The van der Waals surface area contributed by atoms with E-state index < -0.39 is 0 Å². The third-order valence-electron chi connectivity index (χ3n) is 4.02. The molecule has 1 rings (SSSR count). The number of hydrogen-bond donors (Lipinski definition) is 1. The van der Waals surface area contributed by atoms with Crippen LogP contribution in [0.5, 0.6) is 0 Å². The Kier molecular flexibility index (Phi) is 7.87. The van der Waals surface area contributed by atoms with Gasteiger partial charge in [-0.3, -0.25) is 4.90 Å². The van der Waals surface area contributed by atoms with Crippen LogP contribution in [0.3, 0.4) is 0 Å². The van der Waals surface area contributed by atoms with Gasteiger partial charge in [0.05, 0.1) is 19.3 Å². The molecule has 2 N–H and O–H groups in total. The van der Waals surface area contributed by atoms with Crippen molar-refractivity contribution in [3.8, 4) is 0 Å². The van der Waals surface area contributed by atoms with Gasteiger partial charge in [0, 0.05) is 45.5 Å². The Balaban J connectivity index is 2.49. The van der Waals surface area contributed by atoms with Crippen molar-refractivity contribution in [3.63, 3.8) is 0 Å². The Bertz CT molecular complexity index is 223. The maximum atomic E-state index is 6.02.